The highest BCUT2D eigenvalue weighted by atomic mass is 32.2. The number of nitrogens with zero attached hydrogens (tertiary/aromatic N) is 3. The van der Waals surface area contributed by atoms with E-state index in [1.165, 1.54) is 31.8 Å². The third kappa shape index (κ3) is 1.24. The summed E-state index contributed by atoms with van der Waals surface area (Å²) < 4.78 is 26.4. The molecule has 0 bridgehead atoms. The number of thiazole rings is 1. The van der Waals surface area contributed by atoms with Gasteiger partial charge in [0.05, 0.1) is 0 Å². The quantitative estimate of drug-likeness (QED) is 0.762. The minimum atomic E-state index is -3.42. The molecule has 0 spiro atoms. The minimum Gasteiger partial charge on any atom is -0.296 e. The van der Waals surface area contributed by atoms with Gasteiger partial charge in [0.25, 0.3) is 10.0 Å². The van der Waals surface area contributed by atoms with Crippen molar-refractivity contribution in [2.24, 2.45) is 0 Å². The van der Waals surface area contributed by atoms with Crippen molar-refractivity contribution in [3.05, 3.63) is 17.9 Å². The molecule has 2 aromatic rings. The molecule has 0 fully saturated rings. The molecule has 0 radical (unpaired) electrons. The molecule has 2 rings (SSSR count). The number of hydrogen-bond acceptors (Lipinski definition) is 4. The summed E-state index contributed by atoms with van der Waals surface area (Å²) in [4.78, 5) is 4.54. The zero-order chi connectivity index (χ0) is 10.3. The molecule has 7 heteroatoms. The third-order valence-corrected chi connectivity index (χ3v) is 4.61. The molecule has 14 heavy (non-hydrogen) atoms. The van der Waals surface area contributed by atoms with Crippen molar-refractivity contribution in [3.63, 3.8) is 0 Å². The molecule has 0 aliphatic heterocycles. The van der Waals surface area contributed by atoms with Gasteiger partial charge in [-0.1, -0.05) is 0 Å². The third-order valence-electron chi connectivity index (χ3n) is 1.84. The maximum absolute atomic E-state index is 11.8. The van der Waals surface area contributed by atoms with Gasteiger partial charge in [0.15, 0.2) is 0 Å². The zero-order valence-electron chi connectivity index (χ0n) is 7.71. The Labute approximate surface area is 85.7 Å². The van der Waals surface area contributed by atoms with Crippen LogP contribution >= 0.6 is 11.3 Å². The van der Waals surface area contributed by atoms with Crippen molar-refractivity contribution >= 4 is 26.2 Å². The van der Waals surface area contributed by atoms with Gasteiger partial charge < -0.3 is 0 Å². The van der Waals surface area contributed by atoms with Crippen molar-refractivity contribution < 1.29 is 8.42 Å². The number of rotatable bonds is 2. The molecule has 0 aliphatic carbocycles. The average Bonchev–Trinajstić information content (AvgIpc) is 2.61. The molecule has 0 aliphatic rings. The summed E-state index contributed by atoms with van der Waals surface area (Å²) in [6.07, 6.45) is 3.28. The summed E-state index contributed by atoms with van der Waals surface area (Å²) in [5.41, 5.74) is 0. The molecule has 2 heterocycles. The maximum Gasteiger partial charge on any atom is 0.263 e. The van der Waals surface area contributed by atoms with E-state index in [-0.39, 0.29) is 5.03 Å². The van der Waals surface area contributed by atoms with Gasteiger partial charge >= 0.3 is 0 Å². The number of aromatic nitrogens is 2. The van der Waals surface area contributed by atoms with Gasteiger partial charge in [-0.2, -0.15) is 0 Å². The van der Waals surface area contributed by atoms with Crippen LogP contribution in [0.2, 0.25) is 0 Å². The maximum atomic E-state index is 11.8. The molecule has 0 saturated carbocycles. The first-order valence-corrected chi connectivity index (χ1v) is 6.18. The van der Waals surface area contributed by atoms with Crippen LogP contribution in [0.4, 0.5) is 0 Å². The first kappa shape index (κ1) is 9.63. The fourth-order valence-corrected chi connectivity index (χ4v) is 3.08. The van der Waals surface area contributed by atoms with Gasteiger partial charge in [0.2, 0.25) is 5.03 Å². The van der Waals surface area contributed by atoms with Gasteiger partial charge in [-0.3, -0.25) is 4.40 Å². The number of imidazole rings is 1. The van der Waals surface area contributed by atoms with Crippen LogP contribution in [-0.2, 0) is 10.0 Å². The molecule has 2 aromatic heterocycles. The molecule has 0 atom stereocenters. The van der Waals surface area contributed by atoms with E-state index >= 15 is 0 Å². The predicted molar refractivity (Wildman–Crippen MR) is 53.9 cm³/mol. The molecule has 0 N–H and O–H groups in total. The lowest BCUT2D eigenvalue weighted by Gasteiger charge is -2.07. The van der Waals surface area contributed by atoms with E-state index in [4.69, 9.17) is 0 Å². The summed E-state index contributed by atoms with van der Waals surface area (Å²) in [6, 6.07) is 0. The molecular weight excluding hydrogens is 222 g/mol. The van der Waals surface area contributed by atoms with E-state index in [0.717, 1.165) is 4.31 Å². The van der Waals surface area contributed by atoms with E-state index in [9.17, 15) is 8.42 Å². The van der Waals surface area contributed by atoms with E-state index < -0.39 is 10.0 Å². The molecule has 0 amide bonds. The Morgan fingerprint density at radius 2 is 2.21 bits per heavy atom. The van der Waals surface area contributed by atoms with Crippen molar-refractivity contribution in [2.75, 3.05) is 14.1 Å². The zero-order valence-corrected chi connectivity index (χ0v) is 9.34. The topological polar surface area (TPSA) is 54.7 Å². The second-order valence-corrected chi connectivity index (χ2v) is 5.91. The smallest absolute Gasteiger partial charge is 0.263 e. The Kier molecular flexibility index (Phi) is 2.09. The minimum absolute atomic E-state index is 0.123. The lowest BCUT2D eigenvalue weighted by atomic mass is 10.9. The second kappa shape index (κ2) is 3.04. The van der Waals surface area contributed by atoms with Crippen LogP contribution in [0.1, 0.15) is 0 Å². The van der Waals surface area contributed by atoms with Crippen LogP contribution in [0.25, 0.3) is 4.83 Å². The molecule has 0 aromatic carbocycles. The molecule has 5 nitrogen and oxygen atoms in total. The fourth-order valence-electron chi connectivity index (χ4n) is 1.06. The number of hydrogen-bond donors (Lipinski definition) is 0. The number of fused-ring (bicyclic) bond motifs is 1. The molecule has 76 valence electrons. The van der Waals surface area contributed by atoms with Gasteiger partial charge in [0, 0.05) is 25.7 Å². The van der Waals surface area contributed by atoms with Crippen molar-refractivity contribution in [1.82, 2.24) is 13.7 Å². The van der Waals surface area contributed by atoms with Gasteiger partial charge in [-0.25, -0.2) is 17.7 Å². The first-order chi connectivity index (χ1) is 6.53. The van der Waals surface area contributed by atoms with E-state index in [2.05, 4.69) is 4.98 Å². The van der Waals surface area contributed by atoms with E-state index in [1.807, 2.05) is 5.38 Å². The van der Waals surface area contributed by atoms with E-state index in [0.29, 0.717) is 4.83 Å². The highest BCUT2D eigenvalue weighted by Gasteiger charge is 2.23. The van der Waals surface area contributed by atoms with Crippen LogP contribution in [0.5, 0.6) is 0 Å². The Bertz CT molecular complexity index is 552. The van der Waals surface area contributed by atoms with Crippen LogP contribution in [0, 0.1) is 0 Å². The van der Waals surface area contributed by atoms with Gasteiger partial charge in [-0.15, -0.1) is 11.3 Å². The Morgan fingerprint density at radius 3 is 2.86 bits per heavy atom. The van der Waals surface area contributed by atoms with Crippen molar-refractivity contribution in [1.29, 1.82) is 0 Å². The lowest BCUT2D eigenvalue weighted by Crippen LogP contribution is -2.22. The lowest BCUT2D eigenvalue weighted by molar-refractivity contribution is 0.519. The fraction of sp³-hybridized carbons (Fsp3) is 0.286. The SMILES string of the molecule is CN(C)S(=O)(=O)c1ncn2ccsc12. The molecule has 0 unspecified atom stereocenters. The standard InChI is InChI=1S/C7H9N3O2S2/c1-9(2)14(11,12)6-7-10(5-8-6)3-4-13-7/h3-5H,1-2H3. The normalized spacial score (nSPS) is 12.8. The average molecular weight is 231 g/mol. The summed E-state index contributed by atoms with van der Waals surface area (Å²) >= 11 is 1.36. The van der Waals surface area contributed by atoms with E-state index in [1.54, 1.807) is 10.6 Å². The monoisotopic (exact) mass is 231 g/mol. The first-order valence-electron chi connectivity index (χ1n) is 3.86. The summed E-state index contributed by atoms with van der Waals surface area (Å²) in [7, 11) is -0.430. The Hall–Kier alpha value is -0.920. The van der Waals surface area contributed by atoms with Crippen molar-refractivity contribution in [3.8, 4) is 0 Å². The van der Waals surface area contributed by atoms with Gasteiger partial charge in [0.1, 0.15) is 11.2 Å². The summed E-state index contributed by atoms with van der Waals surface area (Å²) in [6.45, 7) is 0. The predicted octanol–water partition coefficient (Wildman–Crippen LogP) is 0.646. The summed E-state index contributed by atoms with van der Waals surface area (Å²) in [5.74, 6) is 0. The van der Waals surface area contributed by atoms with Crippen LogP contribution < -0.4 is 0 Å². The molecular formula is C7H9N3O2S2. The second-order valence-electron chi connectivity index (χ2n) is 2.95. The molecule has 0 saturated heterocycles. The summed E-state index contributed by atoms with van der Waals surface area (Å²) in [5, 5.41) is 1.95. The highest BCUT2D eigenvalue weighted by Crippen LogP contribution is 2.21. The van der Waals surface area contributed by atoms with Crippen molar-refractivity contribution in [2.45, 2.75) is 5.03 Å². The van der Waals surface area contributed by atoms with Crippen LogP contribution in [-0.4, -0.2) is 36.2 Å². The Balaban J connectivity index is 2.71. The highest BCUT2D eigenvalue weighted by molar-refractivity contribution is 7.89. The van der Waals surface area contributed by atoms with Crippen LogP contribution in [0.15, 0.2) is 22.9 Å². The largest absolute Gasteiger partial charge is 0.296 e. The van der Waals surface area contributed by atoms with Crippen LogP contribution in [0.3, 0.4) is 0 Å². The Morgan fingerprint density at radius 1 is 1.50 bits per heavy atom. The van der Waals surface area contributed by atoms with Gasteiger partial charge in [-0.05, 0) is 0 Å². The number of sulfonamides is 1.